The van der Waals surface area contributed by atoms with Crippen molar-refractivity contribution in [1.82, 2.24) is 0 Å². The van der Waals surface area contributed by atoms with Crippen LogP contribution in [0.25, 0.3) is 0 Å². The maximum absolute atomic E-state index is 6.16. The molecule has 21 heavy (non-hydrogen) atoms. The zero-order valence-corrected chi connectivity index (χ0v) is 12.8. The highest BCUT2D eigenvalue weighted by Crippen LogP contribution is 2.41. The van der Waals surface area contributed by atoms with E-state index in [2.05, 4.69) is 5.32 Å². The van der Waals surface area contributed by atoms with E-state index in [1.165, 1.54) is 0 Å². The van der Waals surface area contributed by atoms with Crippen molar-refractivity contribution in [3.63, 3.8) is 0 Å². The number of methoxy groups -OCH3 is 3. The fourth-order valence-electron chi connectivity index (χ4n) is 1.94. The molecular formula is C15H17ClN2O3. The van der Waals surface area contributed by atoms with Crippen LogP contribution in [0.4, 0.5) is 17.1 Å². The van der Waals surface area contributed by atoms with Crippen LogP contribution in [-0.4, -0.2) is 21.3 Å². The van der Waals surface area contributed by atoms with Gasteiger partial charge in [0.25, 0.3) is 0 Å². The standard InChI is InChI=1S/C15H17ClN2O3/c1-19-13-7-10(8-14(20-2)15(13)21-3)18-12-5-4-9(17)6-11(12)16/h4-8,18H,17H2,1-3H3. The third-order valence-electron chi connectivity index (χ3n) is 2.94. The quantitative estimate of drug-likeness (QED) is 0.825. The van der Waals surface area contributed by atoms with E-state index in [0.29, 0.717) is 28.0 Å². The van der Waals surface area contributed by atoms with Crippen LogP contribution in [0.1, 0.15) is 0 Å². The van der Waals surface area contributed by atoms with E-state index < -0.39 is 0 Å². The summed E-state index contributed by atoms with van der Waals surface area (Å²) in [7, 11) is 4.69. The Hall–Kier alpha value is -2.27. The molecule has 6 heteroatoms. The molecule has 0 heterocycles. The number of nitrogen functional groups attached to an aromatic ring is 1. The fraction of sp³-hybridized carbons (Fsp3) is 0.200. The summed E-state index contributed by atoms with van der Waals surface area (Å²) in [5.74, 6) is 1.66. The molecule has 0 bridgehead atoms. The fourth-order valence-corrected chi connectivity index (χ4v) is 2.18. The number of rotatable bonds is 5. The molecule has 5 nitrogen and oxygen atoms in total. The number of nitrogens with one attached hydrogen (secondary N) is 1. The summed E-state index contributed by atoms with van der Waals surface area (Å²) >= 11 is 6.16. The molecule has 2 rings (SSSR count). The van der Waals surface area contributed by atoms with Gasteiger partial charge in [0.1, 0.15) is 0 Å². The minimum atomic E-state index is 0.531. The van der Waals surface area contributed by atoms with Gasteiger partial charge >= 0.3 is 0 Å². The van der Waals surface area contributed by atoms with E-state index >= 15 is 0 Å². The Morgan fingerprint density at radius 1 is 0.952 bits per heavy atom. The highest BCUT2D eigenvalue weighted by molar-refractivity contribution is 6.33. The van der Waals surface area contributed by atoms with Gasteiger partial charge in [0.15, 0.2) is 11.5 Å². The van der Waals surface area contributed by atoms with Gasteiger partial charge < -0.3 is 25.3 Å². The molecule has 0 radical (unpaired) electrons. The Bertz CT molecular complexity index is 622. The Morgan fingerprint density at radius 3 is 2.05 bits per heavy atom. The van der Waals surface area contributed by atoms with Crippen LogP contribution in [0.15, 0.2) is 30.3 Å². The molecule has 0 spiro atoms. The molecule has 0 unspecified atom stereocenters. The van der Waals surface area contributed by atoms with Crippen LogP contribution < -0.4 is 25.3 Å². The number of benzene rings is 2. The van der Waals surface area contributed by atoms with Gasteiger partial charge in [-0.25, -0.2) is 0 Å². The topological polar surface area (TPSA) is 65.7 Å². The van der Waals surface area contributed by atoms with Crippen molar-refractivity contribution in [2.24, 2.45) is 0 Å². The molecule has 0 amide bonds. The first kappa shape index (κ1) is 15.1. The Morgan fingerprint density at radius 2 is 1.57 bits per heavy atom. The van der Waals surface area contributed by atoms with E-state index in [4.69, 9.17) is 31.5 Å². The van der Waals surface area contributed by atoms with E-state index in [1.807, 2.05) is 0 Å². The second kappa shape index (κ2) is 6.45. The zero-order valence-electron chi connectivity index (χ0n) is 12.1. The van der Waals surface area contributed by atoms with E-state index in [9.17, 15) is 0 Å². The van der Waals surface area contributed by atoms with Crippen molar-refractivity contribution in [2.45, 2.75) is 0 Å². The van der Waals surface area contributed by atoms with Crippen molar-refractivity contribution < 1.29 is 14.2 Å². The monoisotopic (exact) mass is 308 g/mol. The highest BCUT2D eigenvalue weighted by atomic mass is 35.5. The van der Waals surface area contributed by atoms with Gasteiger partial charge in [-0.05, 0) is 18.2 Å². The average Bonchev–Trinajstić information content (AvgIpc) is 2.49. The lowest BCUT2D eigenvalue weighted by Crippen LogP contribution is -1.98. The van der Waals surface area contributed by atoms with Gasteiger partial charge in [0.2, 0.25) is 5.75 Å². The molecule has 0 saturated heterocycles. The molecule has 2 aromatic rings. The number of anilines is 3. The number of nitrogens with two attached hydrogens (primary N) is 1. The van der Waals surface area contributed by atoms with Crippen molar-refractivity contribution in [2.75, 3.05) is 32.4 Å². The second-order valence-corrected chi connectivity index (χ2v) is 4.69. The van der Waals surface area contributed by atoms with E-state index in [0.717, 1.165) is 11.4 Å². The Kier molecular flexibility index (Phi) is 4.65. The van der Waals surface area contributed by atoms with Crippen LogP contribution in [-0.2, 0) is 0 Å². The molecule has 0 aliphatic carbocycles. The SMILES string of the molecule is COc1cc(Nc2ccc(N)cc2Cl)cc(OC)c1OC. The van der Waals surface area contributed by atoms with Crippen molar-refractivity contribution in [1.29, 1.82) is 0 Å². The summed E-state index contributed by atoms with van der Waals surface area (Å²) in [6, 6.07) is 8.86. The smallest absolute Gasteiger partial charge is 0.203 e. The average molecular weight is 309 g/mol. The molecule has 0 aliphatic rings. The third-order valence-corrected chi connectivity index (χ3v) is 3.25. The van der Waals surface area contributed by atoms with Crippen LogP contribution in [0.5, 0.6) is 17.2 Å². The van der Waals surface area contributed by atoms with Crippen LogP contribution >= 0.6 is 11.6 Å². The van der Waals surface area contributed by atoms with Gasteiger partial charge in [0.05, 0.1) is 32.0 Å². The van der Waals surface area contributed by atoms with Crippen molar-refractivity contribution in [3.05, 3.63) is 35.4 Å². The number of halogens is 1. The maximum Gasteiger partial charge on any atom is 0.203 e. The lowest BCUT2D eigenvalue weighted by Gasteiger charge is -2.15. The van der Waals surface area contributed by atoms with Crippen LogP contribution in [0.2, 0.25) is 5.02 Å². The van der Waals surface area contributed by atoms with E-state index in [1.54, 1.807) is 51.7 Å². The Balaban J connectivity index is 2.40. The molecule has 112 valence electrons. The van der Waals surface area contributed by atoms with Crippen LogP contribution in [0, 0.1) is 0 Å². The molecule has 3 N–H and O–H groups in total. The summed E-state index contributed by atoms with van der Waals surface area (Å²) in [5, 5.41) is 3.73. The first-order valence-corrected chi connectivity index (χ1v) is 6.59. The summed E-state index contributed by atoms with van der Waals surface area (Å²) in [6.45, 7) is 0. The molecule has 0 fully saturated rings. The third kappa shape index (κ3) is 3.25. The first-order chi connectivity index (χ1) is 10.1. The van der Waals surface area contributed by atoms with Gasteiger partial charge in [-0.15, -0.1) is 0 Å². The first-order valence-electron chi connectivity index (χ1n) is 6.21. The molecular weight excluding hydrogens is 292 g/mol. The minimum Gasteiger partial charge on any atom is -0.493 e. The molecule has 0 atom stereocenters. The summed E-state index contributed by atoms with van der Waals surface area (Å²) in [6.07, 6.45) is 0. The minimum absolute atomic E-state index is 0.531. The van der Waals surface area contributed by atoms with E-state index in [-0.39, 0.29) is 0 Å². The van der Waals surface area contributed by atoms with Gasteiger partial charge in [0, 0.05) is 23.5 Å². The Labute approximate surface area is 128 Å². The normalized spacial score (nSPS) is 10.1. The summed E-state index contributed by atoms with van der Waals surface area (Å²) in [5.41, 5.74) is 7.78. The van der Waals surface area contributed by atoms with Gasteiger partial charge in [-0.3, -0.25) is 0 Å². The lowest BCUT2D eigenvalue weighted by molar-refractivity contribution is 0.324. The molecule has 2 aromatic carbocycles. The van der Waals surface area contributed by atoms with Crippen molar-refractivity contribution in [3.8, 4) is 17.2 Å². The molecule has 0 saturated carbocycles. The lowest BCUT2D eigenvalue weighted by atomic mass is 10.2. The second-order valence-electron chi connectivity index (χ2n) is 4.28. The van der Waals surface area contributed by atoms with Crippen LogP contribution in [0.3, 0.4) is 0 Å². The predicted octanol–water partition coefficient (Wildman–Crippen LogP) is 3.69. The largest absolute Gasteiger partial charge is 0.493 e. The molecule has 0 aliphatic heterocycles. The van der Waals surface area contributed by atoms with Crippen molar-refractivity contribution >= 4 is 28.7 Å². The number of hydrogen-bond acceptors (Lipinski definition) is 5. The maximum atomic E-state index is 6.16. The predicted molar refractivity (Wildman–Crippen MR) is 85.2 cm³/mol. The highest BCUT2D eigenvalue weighted by Gasteiger charge is 2.13. The molecule has 0 aromatic heterocycles. The summed E-state index contributed by atoms with van der Waals surface area (Å²) in [4.78, 5) is 0. The number of ether oxygens (including phenoxy) is 3. The summed E-state index contributed by atoms with van der Waals surface area (Å²) < 4.78 is 15.9. The number of hydrogen-bond donors (Lipinski definition) is 2. The van der Waals surface area contributed by atoms with Gasteiger partial charge in [-0.1, -0.05) is 11.6 Å². The zero-order chi connectivity index (χ0) is 15.4. The van der Waals surface area contributed by atoms with Gasteiger partial charge in [-0.2, -0.15) is 0 Å².